The second kappa shape index (κ2) is 7.28. The van der Waals surface area contributed by atoms with Crippen LogP contribution in [0, 0.1) is 23.7 Å². The molecule has 0 aromatic rings. The van der Waals surface area contributed by atoms with Crippen molar-refractivity contribution in [3.63, 3.8) is 0 Å². The molecular weight excluding hydrogens is 340 g/mol. The molecule has 26 heavy (non-hydrogen) atoms. The number of rotatable bonds is 6. The molecule has 4 aliphatic heterocycles. The summed E-state index contributed by atoms with van der Waals surface area (Å²) in [5.74, 6) is 0.614. The van der Waals surface area contributed by atoms with Crippen LogP contribution in [0.15, 0.2) is 0 Å². The Morgan fingerprint density at radius 2 is 1.88 bits per heavy atom. The first-order valence-electron chi connectivity index (χ1n) is 10.0. The first kappa shape index (κ1) is 19.1. The predicted octanol–water partition coefficient (Wildman–Crippen LogP) is 2.22. The lowest BCUT2D eigenvalue weighted by Crippen LogP contribution is -2.70. The third kappa shape index (κ3) is 3.02. The van der Waals surface area contributed by atoms with E-state index in [4.69, 9.17) is 33.8 Å². The first-order chi connectivity index (χ1) is 12.5. The Kier molecular flexibility index (Phi) is 5.33. The van der Waals surface area contributed by atoms with Crippen molar-refractivity contribution in [3.8, 4) is 0 Å². The van der Waals surface area contributed by atoms with Gasteiger partial charge >= 0.3 is 0 Å². The quantitative estimate of drug-likeness (QED) is 0.566. The van der Waals surface area contributed by atoms with Gasteiger partial charge in [-0.2, -0.15) is 0 Å². The summed E-state index contributed by atoms with van der Waals surface area (Å²) in [6.45, 7) is 7.61. The van der Waals surface area contributed by atoms with Gasteiger partial charge in [0.15, 0.2) is 18.2 Å². The van der Waals surface area contributed by atoms with Crippen molar-refractivity contribution in [2.24, 2.45) is 23.7 Å². The lowest BCUT2D eigenvalue weighted by Gasteiger charge is -2.60. The Bertz CT molecular complexity index is 502. The van der Waals surface area contributed by atoms with Crippen molar-refractivity contribution >= 4 is 0 Å². The van der Waals surface area contributed by atoms with E-state index in [1.807, 2.05) is 6.92 Å². The number of ether oxygens (including phenoxy) is 4. The molecule has 2 bridgehead atoms. The average molecular weight is 372 g/mol. The van der Waals surface area contributed by atoms with Crippen LogP contribution in [0.4, 0.5) is 0 Å². The predicted molar refractivity (Wildman–Crippen MR) is 90.7 cm³/mol. The molecule has 150 valence electrons. The number of hydrogen-bond donors (Lipinski definition) is 1. The summed E-state index contributed by atoms with van der Waals surface area (Å²) in [4.78, 5) is 11.9. The van der Waals surface area contributed by atoms with Crippen molar-refractivity contribution in [2.75, 3.05) is 26.4 Å². The second-order valence-corrected chi connectivity index (χ2v) is 8.48. The van der Waals surface area contributed by atoms with Crippen LogP contribution in [-0.4, -0.2) is 55.5 Å². The topological polar surface area (TPSA) is 75.6 Å². The summed E-state index contributed by atoms with van der Waals surface area (Å²) in [7, 11) is 0. The van der Waals surface area contributed by atoms with E-state index in [2.05, 4.69) is 13.8 Å². The fraction of sp³-hybridized carbons (Fsp3) is 1.00. The van der Waals surface area contributed by atoms with Gasteiger partial charge in [0.25, 0.3) is 0 Å². The van der Waals surface area contributed by atoms with Crippen molar-refractivity contribution in [3.05, 3.63) is 0 Å². The Balaban J connectivity index is 1.53. The minimum Gasteiger partial charge on any atom is -0.394 e. The van der Waals surface area contributed by atoms with Gasteiger partial charge in [-0.25, -0.2) is 9.78 Å². The zero-order chi connectivity index (χ0) is 18.4. The summed E-state index contributed by atoms with van der Waals surface area (Å²) in [5.41, 5.74) is -0.541. The van der Waals surface area contributed by atoms with E-state index in [1.54, 1.807) is 0 Å². The third-order valence-corrected chi connectivity index (χ3v) is 6.84. The van der Waals surface area contributed by atoms with Gasteiger partial charge in [-0.3, -0.25) is 0 Å². The fourth-order valence-corrected chi connectivity index (χ4v) is 5.45. The van der Waals surface area contributed by atoms with Gasteiger partial charge in [-0.1, -0.05) is 13.8 Å². The molecule has 8 atom stereocenters. The molecule has 0 aromatic heterocycles. The average Bonchev–Trinajstić information content (AvgIpc) is 2.85. The lowest BCUT2D eigenvalue weighted by atomic mass is 9.58. The van der Waals surface area contributed by atoms with Gasteiger partial charge in [0.1, 0.15) is 0 Å². The molecule has 5 fully saturated rings. The molecule has 7 nitrogen and oxygen atoms in total. The van der Waals surface area contributed by atoms with Crippen molar-refractivity contribution in [2.45, 2.75) is 70.4 Å². The maximum absolute atomic E-state index is 8.78. The molecule has 5 rings (SSSR count). The largest absolute Gasteiger partial charge is 0.394 e. The molecule has 4 heterocycles. The summed E-state index contributed by atoms with van der Waals surface area (Å²) in [6, 6.07) is 0. The maximum Gasteiger partial charge on any atom is 0.201 e. The van der Waals surface area contributed by atoms with Crippen LogP contribution in [-0.2, 0) is 28.7 Å². The van der Waals surface area contributed by atoms with Crippen LogP contribution in [0.2, 0.25) is 0 Å². The van der Waals surface area contributed by atoms with Crippen LogP contribution in [0.3, 0.4) is 0 Å². The Labute approximate surface area is 155 Å². The minimum atomic E-state index is -0.757. The highest BCUT2D eigenvalue weighted by Gasteiger charge is 2.69. The highest BCUT2D eigenvalue weighted by molar-refractivity contribution is 5.09. The second-order valence-electron chi connectivity index (χ2n) is 8.48. The zero-order valence-electron chi connectivity index (χ0n) is 16.0. The molecular formula is C19H32O7. The van der Waals surface area contributed by atoms with E-state index in [0.717, 1.165) is 19.3 Å². The molecule has 0 unspecified atom stereocenters. The number of hydrogen-bond acceptors (Lipinski definition) is 7. The third-order valence-electron chi connectivity index (χ3n) is 6.84. The molecule has 0 aromatic carbocycles. The Morgan fingerprint density at radius 1 is 1.04 bits per heavy atom. The molecule has 4 saturated heterocycles. The Hall–Kier alpha value is -0.280. The molecule has 5 aliphatic rings. The van der Waals surface area contributed by atoms with E-state index in [9.17, 15) is 0 Å². The smallest absolute Gasteiger partial charge is 0.201 e. The molecule has 1 spiro atoms. The summed E-state index contributed by atoms with van der Waals surface area (Å²) in [5, 5.41) is 8.78. The molecule has 1 N–H and O–H groups in total. The first-order valence-corrected chi connectivity index (χ1v) is 10.0. The number of aliphatic hydroxyl groups is 1. The van der Waals surface area contributed by atoms with Gasteiger partial charge in [0.05, 0.1) is 26.4 Å². The highest BCUT2D eigenvalue weighted by atomic mass is 17.3. The lowest BCUT2D eigenvalue weighted by molar-refractivity contribution is -0.577. The van der Waals surface area contributed by atoms with E-state index < -0.39 is 17.7 Å². The summed E-state index contributed by atoms with van der Waals surface area (Å²) in [6.07, 6.45) is 3.26. The molecule has 7 heteroatoms. The SMILES string of the molecule is C[C@H]1[C@@H](OCCOCCO)O[C@@H]2O[C@@]3(C)CC[C@H]4[C@H](C)CC[C@@H]1[C@@]24OO3. The van der Waals surface area contributed by atoms with Gasteiger partial charge in [0.2, 0.25) is 5.79 Å². The van der Waals surface area contributed by atoms with Crippen molar-refractivity contribution in [1.82, 2.24) is 0 Å². The van der Waals surface area contributed by atoms with Crippen LogP contribution in [0.5, 0.6) is 0 Å². The van der Waals surface area contributed by atoms with Gasteiger partial charge in [-0.05, 0) is 38.0 Å². The van der Waals surface area contributed by atoms with Gasteiger partial charge < -0.3 is 24.1 Å². The van der Waals surface area contributed by atoms with E-state index >= 15 is 0 Å². The van der Waals surface area contributed by atoms with E-state index in [1.165, 1.54) is 6.42 Å². The minimum absolute atomic E-state index is 0.0202. The van der Waals surface area contributed by atoms with E-state index in [0.29, 0.717) is 31.7 Å². The van der Waals surface area contributed by atoms with Gasteiger partial charge in [-0.15, -0.1) is 0 Å². The highest BCUT2D eigenvalue weighted by Crippen LogP contribution is 2.60. The molecule has 0 amide bonds. The van der Waals surface area contributed by atoms with Crippen LogP contribution < -0.4 is 0 Å². The standard InChI is InChI=1S/C19H32O7/c1-12-4-5-15-13(2)16(22-11-10-21-9-8-20)23-17-19(15)14(12)6-7-18(3,24-17)25-26-19/h12-17,20H,4-11H2,1-3H3/t12-,13-,14+,15+,16+,17-,18-,19-/m1/s1. The van der Waals surface area contributed by atoms with Crippen LogP contribution in [0.1, 0.15) is 46.5 Å². The fourth-order valence-electron chi connectivity index (χ4n) is 5.45. The summed E-state index contributed by atoms with van der Waals surface area (Å²) < 4.78 is 23.9. The van der Waals surface area contributed by atoms with Crippen LogP contribution in [0.25, 0.3) is 0 Å². The molecule has 1 saturated carbocycles. The van der Waals surface area contributed by atoms with Crippen LogP contribution >= 0.6 is 0 Å². The summed E-state index contributed by atoms with van der Waals surface area (Å²) >= 11 is 0. The molecule has 0 radical (unpaired) electrons. The van der Waals surface area contributed by atoms with E-state index in [-0.39, 0.29) is 24.7 Å². The zero-order valence-corrected chi connectivity index (χ0v) is 16.0. The number of aliphatic hydroxyl groups excluding tert-OH is 1. The Morgan fingerprint density at radius 3 is 2.69 bits per heavy atom. The maximum atomic E-state index is 8.78. The normalized spacial score (nSPS) is 50.3. The van der Waals surface area contributed by atoms with Crippen molar-refractivity contribution in [1.29, 1.82) is 0 Å². The molecule has 1 aliphatic carbocycles. The number of fused-ring (bicyclic) bond motifs is 2. The van der Waals surface area contributed by atoms with Crippen molar-refractivity contribution < 1.29 is 33.8 Å². The van der Waals surface area contributed by atoms with Gasteiger partial charge in [0, 0.05) is 18.3 Å². The monoisotopic (exact) mass is 372 g/mol.